The zero-order chi connectivity index (χ0) is 12.7. The lowest BCUT2D eigenvalue weighted by atomic mass is 9.69. The van der Waals surface area contributed by atoms with Gasteiger partial charge in [-0.1, -0.05) is 6.42 Å². The van der Waals surface area contributed by atoms with E-state index in [9.17, 15) is 0 Å². The highest BCUT2D eigenvalue weighted by molar-refractivity contribution is 7.07. The first-order chi connectivity index (χ1) is 9.34. The number of hydrogen-bond acceptors (Lipinski definition) is 2. The van der Waals surface area contributed by atoms with Crippen molar-refractivity contribution in [2.24, 2.45) is 17.3 Å². The van der Waals surface area contributed by atoms with E-state index < -0.39 is 0 Å². The molecular formula is C17H25NS. The van der Waals surface area contributed by atoms with Gasteiger partial charge in [0.2, 0.25) is 0 Å². The van der Waals surface area contributed by atoms with Gasteiger partial charge >= 0.3 is 0 Å². The lowest BCUT2D eigenvalue weighted by Crippen LogP contribution is -2.40. The largest absolute Gasteiger partial charge is 0.313 e. The van der Waals surface area contributed by atoms with Crippen LogP contribution >= 0.6 is 11.3 Å². The zero-order valence-electron chi connectivity index (χ0n) is 11.7. The normalized spacial score (nSPS) is 37.1. The van der Waals surface area contributed by atoms with E-state index in [1.165, 1.54) is 57.9 Å². The number of rotatable bonds is 6. The van der Waals surface area contributed by atoms with Crippen molar-refractivity contribution in [2.75, 3.05) is 6.54 Å². The molecule has 3 unspecified atom stereocenters. The van der Waals surface area contributed by atoms with Crippen LogP contribution in [0.15, 0.2) is 16.8 Å². The molecule has 2 heteroatoms. The van der Waals surface area contributed by atoms with Crippen molar-refractivity contribution in [2.45, 2.75) is 57.4 Å². The third kappa shape index (κ3) is 2.50. The van der Waals surface area contributed by atoms with E-state index in [0.717, 1.165) is 17.9 Å². The third-order valence-electron chi connectivity index (χ3n) is 5.91. The molecule has 0 radical (unpaired) electrons. The summed E-state index contributed by atoms with van der Waals surface area (Å²) in [4.78, 5) is 0. The van der Waals surface area contributed by atoms with E-state index in [1.807, 2.05) is 11.3 Å². The van der Waals surface area contributed by atoms with Gasteiger partial charge < -0.3 is 5.32 Å². The first kappa shape index (κ1) is 12.4. The molecule has 3 saturated carbocycles. The van der Waals surface area contributed by atoms with E-state index in [-0.39, 0.29) is 0 Å². The number of aryl methyl sites for hydroxylation is 1. The summed E-state index contributed by atoms with van der Waals surface area (Å²) in [7, 11) is 0. The molecule has 3 aliphatic rings. The maximum absolute atomic E-state index is 3.86. The lowest BCUT2D eigenvalue weighted by molar-refractivity contribution is 0.142. The molecule has 1 heterocycles. The van der Waals surface area contributed by atoms with E-state index in [2.05, 4.69) is 22.1 Å². The number of fused-ring (bicyclic) bond motifs is 2. The second kappa shape index (κ2) is 4.89. The maximum atomic E-state index is 3.86. The summed E-state index contributed by atoms with van der Waals surface area (Å²) in [5.41, 5.74) is 2.21. The van der Waals surface area contributed by atoms with Gasteiger partial charge in [-0.05, 0) is 84.6 Å². The summed E-state index contributed by atoms with van der Waals surface area (Å²) in [5, 5.41) is 8.43. The fourth-order valence-electron chi connectivity index (χ4n) is 4.63. The summed E-state index contributed by atoms with van der Waals surface area (Å²) < 4.78 is 0. The second-order valence-corrected chi connectivity index (χ2v) is 8.01. The molecule has 1 aromatic heterocycles. The van der Waals surface area contributed by atoms with Crippen LogP contribution in [0.1, 0.15) is 50.5 Å². The molecule has 3 atom stereocenters. The molecule has 0 spiro atoms. The minimum absolute atomic E-state index is 0.646. The average Bonchev–Trinajstić information content (AvgIpc) is 2.84. The Balaban J connectivity index is 1.44. The number of hydrogen-bond donors (Lipinski definition) is 1. The van der Waals surface area contributed by atoms with E-state index in [0.29, 0.717) is 5.41 Å². The van der Waals surface area contributed by atoms with Crippen LogP contribution in [0.3, 0.4) is 0 Å². The van der Waals surface area contributed by atoms with Gasteiger partial charge in [0.15, 0.2) is 0 Å². The minimum Gasteiger partial charge on any atom is -0.313 e. The van der Waals surface area contributed by atoms with Gasteiger partial charge in [0.25, 0.3) is 0 Å². The molecule has 3 aliphatic carbocycles. The molecule has 3 fully saturated rings. The van der Waals surface area contributed by atoms with Crippen LogP contribution in [-0.4, -0.2) is 12.6 Å². The summed E-state index contributed by atoms with van der Waals surface area (Å²) in [6.07, 6.45) is 11.7. The topological polar surface area (TPSA) is 12.0 Å². The second-order valence-electron chi connectivity index (χ2n) is 7.23. The van der Waals surface area contributed by atoms with Gasteiger partial charge in [0.05, 0.1) is 0 Å². The molecular weight excluding hydrogens is 250 g/mol. The molecule has 1 N–H and O–H groups in total. The highest BCUT2D eigenvalue weighted by Gasteiger charge is 2.50. The molecule has 4 rings (SSSR count). The first-order valence-electron chi connectivity index (χ1n) is 8.08. The first-order valence-corrected chi connectivity index (χ1v) is 9.03. The fourth-order valence-corrected chi connectivity index (χ4v) is 5.34. The summed E-state index contributed by atoms with van der Waals surface area (Å²) in [6, 6.07) is 3.19. The van der Waals surface area contributed by atoms with Crippen LogP contribution < -0.4 is 5.32 Å². The van der Waals surface area contributed by atoms with Crippen LogP contribution in [0.5, 0.6) is 0 Å². The molecule has 0 aliphatic heterocycles. The monoisotopic (exact) mass is 275 g/mol. The van der Waals surface area contributed by atoms with Gasteiger partial charge in [-0.3, -0.25) is 0 Å². The van der Waals surface area contributed by atoms with Crippen LogP contribution in [-0.2, 0) is 6.42 Å². The van der Waals surface area contributed by atoms with Crippen molar-refractivity contribution in [3.05, 3.63) is 22.4 Å². The molecule has 1 aromatic rings. The Bertz CT molecular complexity index is 422. The van der Waals surface area contributed by atoms with Crippen molar-refractivity contribution >= 4 is 11.3 Å². The Kier molecular flexibility index (Phi) is 3.19. The SMILES string of the molecule is c1cc(CCC2(CNC3CC3)CC3CCC2C3)cs1. The van der Waals surface area contributed by atoms with Crippen LogP contribution in [0, 0.1) is 17.3 Å². The fraction of sp³-hybridized carbons (Fsp3) is 0.765. The van der Waals surface area contributed by atoms with E-state index in [4.69, 9.17) is 0 Å². The molecule has 0 aromatic carbocycles. The van der Waals surface area contributed by atoms with Gasteiger partial charge in [0.1, 0.15) is 0 Å². The van der Waals surface area contributed by atoms with Crippen molar-refractivity contribution in [1.82, 2.24) is 5.32 Å². The standard InChI is InChI=1S/C17H25NS/c1-2-15-9-14(1)10-17(15,12-18-16-3-4-16)7-5-13-6-8-19-11-13/h6,8,11,14-16,18H,1-5,7,9-10,12H2. The molecule has 1 nitrogen and oxygen atoms in total. The predicted octanol–water partition coefficient (Wildman–Crippen LogP) is 4.24. The Labute approximate surface area is 120 Å². The smallest absolute Gasteiger partial charge is 0.00684 e. The van der Waals surface area contributed by atoms with Gasteiger partial charge in [-0.15, -0.1) is 0 Å². The molecule has 2 bridgehead atoms. The van der Waals surface area contributed by atoms with Crippen molar-refractivity contribution in [1.29, 1.82) is 0 Å². The summed E-state index contributed by atoms with van der Waals surface area (Å²) in [6.45, 7) is 1.31. The summed E-state index contributed by atoms with van der Waals surface area (Å²) in [5.74, 6) is 2.09. The third-order valence-corrected chi connectivity index (χ3v) is 6.65. The van der Waals surface area contributed by atoms with E-state index >= 15 is 0 Å². The molecule has 19 heavy (non-hydrogen) atoms. The Morgan fingerprint density at radius 1 is 1.26 bits per heavy atom. The highest BCUT2D eigenvalue weighted by Crippen LogP contribution is 2.57. The van der Waals surface area contributed by atoms with Crippen molar-refractivity contribution in [3.8, 4) is 0 Å². The van der Waals surface area contributed by atoms with Gasteiger partial charge in [-0.25, -0.2) is 0 Å². The molecule has 0 saturated heterocycles. The Morgan fingerprint density at radius 3 is 2.84 bits per heavy atom. The average molecular weight is 275 g/mol. The maximum Gasteiger partial charge on any atom is 0.00684 e. The van der Waals surface area contributed by atoms with Crippen molar-refractivity contribution in [3.63, 3.8) is 0 Å². The number of thiophene rings is 1. The van der Waals surface area contributed by atoms with Gasteiger partial charge in [-0.2, -0.15) is 11.3 Å². The van der Waals surface area contributed by atoms with Crippen LogP contribution in [0.4, 0.5) is 0 Å². The zero-order valence-corrected chi connectivity index (χ0v) is 12.6. The number of nitrogens with one attached hydrogen (secondary N) is 1. The van der Waals surface area contributed by atoms with Gasteiger partial charge in [0, 0.05) is 12.6 Å². The predicted molar refractivity (Wildman–Crippen MR) is 81.5 cm³/mol. The lowest BCUT2D eigenvalue weighted by Gasteiger charge is -2.38. The Hall–Kier alpha value is -0.340. The molecule has 104 valence electrons. The highest BCUT2D eigenvalue weighted by atomic mass is 32.1. The Morgan fingerprint density at radius 2 is 2.21 bits per heavy atom. The quantitative estimate of drug-likeness (QED) is 0.819. The van der Waals surface area contributed by atoms with Crippen LogP contribution in [0.2, 0.25) is 0 Å². The van der Waals surface area contributed by atoms with Crippen LogP contribution in [0.25, 0.3) is 0 Å². The molecule has 0 amide bonds. The summed E-state index contributed by atoms with van der Waals surface area (Å²) >= 11 is 1.85. The van der Waals surface area contributed by atoms with E-state index in [1.54, 1.807) is 5.56 Å². The minimum atomic E-state index is 0.646. The van der Waals surface area contributed by atoms with Crippen molar-refractivity contribution < 1.29 is 0 Å².